The Balaban J connectivity index is 1.67. The molecule has 3 rings (SSSR count). The molecule has 0 fully saturated rings. The lowest BCUT2D eigenvalue weighted by atomic mass is 10.1. The average molecular weight is 416 g/mol. The van der Waals surface area contributed by atoms with Crippen LogP contribution in [0.1, 0.15) is 10.6 Å². The quantitative estimate of drug-likeness (QED) is 0.638. The second-order valence-corrected chi connectivity index (χ2v) is 9.56. The average Bonchev–Trinajstić information content (AvgIpc) is 3.07. The highest BCUT2D eigenvalue weighted by Crippen LogP contribution is 2.24. The fourth-order valence-corrected chi connectivity index (χ4v) is 3.92. The van der Waals surface area contributed by atoms with Crippen LogP contribution in [-0.4, -0.2) is 32.1 Å². The van der Waals surface area contributed by atoms with Crippen LogP contribution in [0.5, 0.6) is 0 Å². The van der Waals surface area contributed by atoms with Gasteiger partial charge in [-0.05, 0) is 43.7 Å². The van der Waals surface area contributed by atoms with Gasteiger partial charge in [-0.1, -0.05) is 18.2 Å². The van der Waals surface area contributed by atoms with Crippen molar-refractivity contribution in [2.24, 2.45) is 0 Å². The molecule has 146 valence electrons. The molecule has 0 saturated heterocycles. The van der Waals surface area contributed by atoms with Gasteiger partial charge in [0.25, 0.3) is 0 Å². The number of aryl methyl sites for hydroxylation is 2. The number of amides is 1. The van der Waals surface area contributed by atoms with E-state index in [0.717, 1.165) is 28.1 Å². The van der Waals surface area contributed by atoms with E-state index >= 15 is 0 Å². The van der Waals surface area contributed by atoms with E-state index in [1.165, 1.54) is 0 Å². The summed E-state index contributed by atoms with van der Waals surface area (Å²) in [6, 6.07) is 12.3. The lowest BCUT2D eigenvalue weighted by molar-refractivity contribution is -0.114. The summed E-state index contributed by atoms with van der Waals surface area (Å²) in [6.07, 6.45) is 1.16. The first-order chi connectivity index (χ1) is 13.2. The van der Waals surface area contributed by atoms with Crippen LogP contribution in [-0.2, 0) is 14.6 Å². The van der Waals surface area contributed by atoms with E-state index in [1.807, 2.05) is 43.5 Å². The molecular formula is C20H21N3O3S2. The fraction of sp³-hybridized carbons (Fsp3) is 0.200. The van der Waals surface area contributed by atoms with Crippen molar-refractivity contribution in [3.63, 3.8) is 0 Å². The van der Waals surface area contributed by atoms with E-state index in [-0.39, 0.29) is 17.3 Å². The smallest absolute Gasteiger partial charge is 0.243 e. The lowest BCUT2D eigenvalue weighted by Crippen LogP contribution is -2.22. The second-order valence-electron chi connectivity index (χ2n) is 6.48. The van der Waals surface area contributed by atoms with Crippen molar-refractivity contribution < 1.29 is 13.2 Å². The normalized spacial score (nSPS) is 11.2. The van der Waals surface area contributed by atoms with Gasteiger partial charge in [0, 0.05) is 28.6 Å². The van der Waals surface area contributed by atoms with Crippen LogP contribution in [0.15, 0.2) is 52.7 Å². The molecule has 0 atom stereocenters. The third-order valence-electron chi connectivity index (χ3n) is 4.14. The van der Waals surface area contributed by atoms with Gasteiger partial charge in [-0.25, -0.2) is 13.4 Å². The molecule has 0 unspecified atom stereocenters. The van der Waals surface area contributed by atoms with Crippen LogP contribution in [0.3, 0.4) is 0 Å². The van der Waals surface area contributed by atoms with Gasteiger partial charge in [0.15, 0.2) is 9.84 Å². The summed E-state index contributed by atoms with van der Waals surface area (Å²) in [7, 11) is -3.30. The number of carbonyl (C=O) groups excluding carboxylic acids is 1. The number of nitrogens with zero attached hydrogens (tertiary/aromatic N) is 1. The minimum Gasteiger partial charge on any atom is -0.376 e. The highest BCUT2D eigenvalue weighted by Gasteiger charge is 2.11. The summed E-state index contributed by atoms with van der Waals surface area (Å²) in [4.78, 5) is 17.0. The summed E-state index contributed by atoms with van der Waals surface area (Å²) >= 11 is 1.58. The molecule has 28 heavy (non-hydrogen) atoms. The Morgan fingerprint density at radius 3 is 2.61 bits per heavy atom. The molecule has 1 amide bonds. The van der Waals surface area contributed by atoms with Gasteiger partial charge >= 0.3 is 0 Å². The van der Waals surface area contributed by atoms with Crippen molar-refractivity contribution in [2.75, 3.05) is 23.4 Å². The summed E-state index contributed by atoms with van der Waals surface area (Å²) in [5.41, 5.74) is 3.97. The molecule has 0 bridgehead atoms. The Hall–Kier alpha value is -2.71. The number of sulfone groups is 1. The molecule has 0 radical (unpaired) electrons. The molecule has 2 aromatic carbocycles. The zero-order chi connectivity index (χ0) is 20.3. The minimum atomic E-state index is -3.30. The van der Waals surface area contributed by atoms with Crippen molar-refractivity contribution >= 4 is 38.5 Å². The number of rotatable bonds is 6. The van der Waals surface area contributed by atoms with Crippen molar-refractivity contribution in [3.05, 3.63) is 58.4 Å². The van der Waals surface area contributed by atoms with Gasteiger partial charge in [-0.15, -0.1) is 11.3 Å². The van der Waals surface area contributed by atoms with E-state index in [9.17, 15) is 13.2 Å². The highest BCUT2D eigenvalue weighted by atomic mass is 32.2. The number of anilines is 2. The number of hydrogen-bond donors (Lipinski definition) is 2. The maximum absolute atomic E-state index is 12.3. The molecule has 1 aromatic heterocycles. The van der Waals surface area contributed by atoms with E-state index < -0.39 is 9.84 Å². The zero-order valence-electron chi connectivity index (χ0n) is 15.8. The first kappa shape index (κ1) is 20.0. The van der Waals surface area contributed by atoms with Crippen LogP contribution >= 0.6 is 11.3 Å². The third kappa shape index (κ3) is 4.96. The van der Waals surface area contributed by atoms with Gasteiger partial charge in [-0.3, -0.25) is 4.79 Å². The molecule has 0 saturated carbocycles. The molecule has 2 N–H and O–H groups in total. The molecule has 1 heterocycles. The molecule has 8 heteroatoms. The van der Waals surface area contributed by atoms with Gasteiger partial charge in [0.2, 0.25) is 5.91 Å². The maximum Gasteiger partial charge on any atom is 0.243 e. The van der Waals surface area contributed by atoms with Gasteiger partial charge < -0.3 is 10.6 Å². The zero-order valence-corrected chi connectivity index (χ0v) is 17.4. The SMILES string of the molecule is Cc1nc(-c2cccc(NC(=O)CNc3cc(S(C)(=O)=O)ccc3C)c2)cs1. The van der Waals surface area contributed by atoms with Crippen LogP contribution < -0.4 is 10.6 Å². The predicted octanol–water partition coefficient (Wildman–Crippen LogP) is 3.88. The Morgan fingerprint density at radius 2 is 1.93 bits per heavy atom. The lowest BCUT2D eigenvalue weighted by Gasteiger charge is -2.12. The minimum absolute atomic E-state index is 0.0219. The van der Waals surface area contributed by atoms with Gasteiger partial charge in [0.05, 0.1) is 22.1 Å². The Bertz CT molecular complexity index is 1120. The second kappa shape index (κ2) is 8.12. The summed E-state index contributed by atoms with van der Waals surface area (Å²) in [5, 5.41) is 8.83. The van der Waals surface area contributed by atoms with E-state index in [2.05, 4.69) is 15.6 Å². The van der Waals surface area contributed by atoms with Gasteiger partial charge in [0.1, 0.15) is 0 Å². The largest absolute Gasteiger partial charge is 0.376 e. The third-order valence-corrected chi connectivity index (χ3v) is 6.02. The highest BCUT2D eigenvalue weighted by molar-refractivity contribution is 7.90. The molecule has 6 nitrogen and oxygen atoms in total. The molecule has 3 aromatic rings. The summed E-state index contributed by atoms with van der Waals surface area (Å²) < 4.78 is 23.4. The predicted molar refractivity (Wildman–Crippen MR) is 114 cm³/mol. The van der Waals surface area contributed by atoms with Crippen LogP contribution in [0.2, 0.25) is 0 Å². The van der Waals surface area contributed by atoms with E-state index in [1.54, 1.807) is 29.5 Å². The van der Waals surface area contributed by atoms with Crippen molar-refractivity contribution in [3.8, 4) is 11.3 Å². The molecule has 0 aliphatic carbocycles. The molecule has 0 aliphatic heterocycles. The standard InChI is InChI=1S/C20H21N3O3S2/c1-13-7-8-17(28(3,25)26)10-18(13)21-11-20(24)23-16-6-4-5-15(9-16)19-12-27-14(2)22-19/h4-10,12,21H,11H2,1-3H3,(H,23,24). The summed E-state index contributed by atoms with van der Waals surface area (Å²) in [5.74, 6) is -0.226. The maximum atomic E-state index is 12.3. The number of benzene rings is 2. The molecular weight excluding hydrogens is 394 g/mol. The fourth-order valence-electron chi connectivity index (χ4n) is 2.66. The van der Waals surface area contributed by atoms with E-state index in [0.29, 0.717) is 11.4 Å². The van der Waals surface area contributed by atoms with Crippen LogP contribution in [0, 0.1) is 13.8 Å². The Morgan fingerprint density at radius 1 is 1.14 bits per heavy atom. The molecule has 0 spiro atoms. The number of carbonyl (C=O) groups is 1. The molecule has 0 aliphatic rings. The van der Waals surface area contributed by atoms with Crippen molar-refractivity contribution in [2.45, 2.75) is 18.7 Å². The first-order valence-corrected chi connectivity index (χ1v) is 11.4. The topological polar surface area (TPSA) is 88.2 Å². The van der Waals surface area contributed by atoms with Gasteiger partial charge in [-0.2, -0.15) is 0 Å². The first-order valence-electron chi connectivity index (χ1n) is 8.59. The number of nitrogens with one attached hydrogen (secondary N) is 2. The monoisotopic (exact) mass is 415 g/mol. The Labute approximate surface area is 168 Å². The van der Waals surface area contributed by atoms with Crippen molar-refractivity contribution in [1.29, 1.82) is 0 Å². The summed E-state index contributed by atoms with van der Waals surface area (Å²) in [6.45, 7) is 3.83. The number of thiazole rings is 1. The van der Waals surface area contributed by atoms with Crippen molar-refractivity contribution in [1.82, 2.24) is 4.98 Å². The number of hydrogen-bond acceptors (Lipinski definition) is 6. The Kier molecular flexibility index (Phi) is 5.81. The van der Waals surface area contributed by atoms with Crippen LogP contribution in [0.4, 0.5) is 11.4 Å². The van der Waals surface area contributed by atoms with Crippen LogP contribution in [0.25, 0.3) is 11.3 Å². The number of aromatic nitrogens is 1. The van der Waals surface area contributed by atoms with E-state index in [4.69, 9.17) is 0 Å².